The van der Waals surface area contributed by atoms with Crippen LogP contribution in [0.15, 0.2) is 76.3 Å². The lowest BCUT2D eigenvalue weighted by Gasteiger charge is -2.22. The van der Waals surface area contributed by atoms with E-state index in [1.807, 2.05) is 6.07 Å². The number of hydrogen-bond acceptors (Lipinski definition) is 5. The van der Waals surface area contributed by atoms with Crippen LogP contribution in [0.4, 0.5) is 8.78 Å². The summed E-state index contributed by atoms with van der Waals surface area (Å²) in [5.41, 5.74) is 1.38. The molecule has 1 N–H and O–H groups in total. The highest BCUT2D eigenvalue weighted by molar-refractivity contribution is 7.91. The number of ether oxygens (including phenoxy) is 1. The molecule has 31 heavy (non-hydrogen) atoms. The van der Waals surface area contributed by atoms with E-state index in [9.17, 15) is 22.0 Å². The van der Waals surface area contributed by atoms with Gasteiger partial charge in [-0.25, -0.2) is 8.42 Å². The Bertz CT molecular complexity index is 1090. The van der Waals surface area contributed by atoms with E-state index in [4.69, 9.17) is 0 Å². The van der Waals surface area contributed by atoms with Gasteiger partial charge in [0.2, 0.25) is 5.91 Å². The highest BCUT2D eigenvalue weighted by Gasteiger charge is 2.25. The van der Waals surface area contributed by atoms with Gasteiger partial charge in [0.15, 0.2) is 0 Å². The van der Waals surface area contributed by atoms with Crippen molar-refractivity contribution in [3.05, 3.63) is 83.2 Å². The van der Waals surface area contributed by atoms with Crippen molar-refractivity contribution in [1.82, 2.24) is 9.62 Å². The van der Waals surface area contributed by atoms with Crippen LogP contribution in [0.25, 0.3) is 0 Å². The fourth-order valence-corrected chi connectivity index (χ4v) is 5.23. The number of nitrogens with one attached hydrogen (secondary N) is 1. The van der Waals surface area contributed by atoms with E-state index in [2.05, 4.69) is 10.1 Å². The maximum absolute atomic E-state index is 12.7. The SMILES string of the molecule is CN(CC(=O)NC(c1ccccc1)c1ccc(OC(F)F)cc1)S(=O)(=O)c1cccs1. The van der Waals surface area contributed by atoms with Crippen molar-refractivity contribution in [3.8, 4) is 5.75 Å². The highest BCUT2D eigenvalue weighted by Crippen LogP contribution is 2.25. The molecule has 0 aliphatic carbocycles. The van der Waals surface area contributed by atoms with Gasteiger partial charge in [0.1, 0.15) is 9.96 Å². The molecule has 0 bridgehead atoms. The van der Waals surface area contributed by atoms with Crippen molar-refractivity contribution in [2.24, 2.45) is 0 Å². The average molecular weight is 467 g/mol. The van der Waals surface area contributed by atoms with Crippen LogP contribution in [0.3, 0.4) is 0 Å². The summed E-state index contributed by atoms with van der Waals surface area (Å²) in [7, 11) is -2.43. The minimum absolute atomic E-state index is 0.00124. The number of benzene rings is 2. The molecule has 164 valence electrons. The summed E-state index contributed by atoms with van der Waals surface area (Å²) in [5.74, 6) is -0.511. The van der Waals surface area contributed by atoms with Crippen molar-refractivity contribution in [2.45, 2.75) is 16.9 Å². The fraction of sp³-hybridized carbons (Fsp3) is 0.190. The third-order valence-electron chi connectivity index (χ3n) is 4.40. The molecule has 1 aromatic heterocycles. The van der Waals surface area contributed by atoms with E-state index in [-0.39, 0.29) is 16.5 Å². The number of halogens is 2. The number of hydrogen-bond donors (Lipinski definition) is 1. The Balaban J connectivity index is 1.78. The smallest absolute Gasteiger partial charge is 0.387 e. The van der Waals surface area contributed by atoms with Gasteiger partial charge in [-0.3, -0.25) is 4.79 Å². The molecule has 6 nitrogen and oxygen atoms in total. The number of sulfonamides is 1. The van der Waals surface area contributed by atoms with Gasteiger partial charge >= 0.3 is 6.61 Å². The predicted octanol–water partition coefficient (Wildman–Crippen LogP) is 3.88. The highest BCUT2D eigenvalue weighted by atomic mass is 32.2. The van der Waals surface area contributed by atoms with E-state index in [1.54, 1.807) is 47.8 Å². The molecular formula is C21H20F2N2O4S2. The summed E-state index contributed by atoms with van der Waals surface area (Å²) in [6.45, 7) is -3.31. The Morgan fingerprint density at radius 2 is 1.68 bits per heavy atom. The van der Waals surface area contributed by atoms with Gasteiger partial charge in [-0.05, 0) is 34.7 Å². The van der Waals surface area contributed by atoms with Crippen LogP contribution >= 0.6 is 11.3 Å². The zero-order chi connectivity index (χ0) is 22.4. The van der Waals surface area contributed by atoms with Crippen molar-refractivity contribution in [1.29, 1.82) is 0 Å². The number of alkyl halides is 2. The molecule has 1 heterocycles. The molecule has 3 rings (SSSR count). The van der Waals surface area contributed by atoms with Crippen molar-refractivity contribution in [3.63, 3.8) is 0 Å². The molecular weight excluding hydrogens is 446 g/mol. The van der Waals surface area contributed by atoms with Crippen LogP contribution in [0.1, 0.15) is 17.2 Å². The topological polar surface area (TPSA) is 75.7 Å². The van der Waals surface area contributed by atoms with E-state index in [0.717, 1.165) is 21.2 Å². The van der Waals surface area contributed by atoms with E-state index >= 15 is 0 Å². The van der Waals surface area contributed by atoms with E-state index in [0.29, 0.717) is 5.56 Å². The van der Waals surface area contributed by atoms with Crippen LogP contribution in [-0.4, -0.2) is 38.8 Å². The van der Waals surface area contributed by atoms with Gasteiger partial charge in [-0.15, -0.1) is 11.3 Å². The van der Waals surface area contributed by atoms with Crippen LogP contribution < -0.4 is 10.1 Å². The monoisotopic (exact) mass is 466 g/mol. The molecule has 3 aromatic rings. The second-order valence-electron chi connectivity index (χ2n) is 6.55. The number of amides is 1. The Hall–Kier alpha value is -2.82. The molecule has 0 radical (unpaired) electrons. The summed E-state index contributed by atoms with van der Waals surface area (Å²) in [5, 5.41) is 4.47. The quantitative estimate of drug-likeness (QED) is 0.519. The van der Waals surface area contributed by atoms with Crippen molar-refractivity contribution in [2.75, 3.05) is 13.6 Å². The van der Waals surface area contributed by atoms with Gasteiger partial charge < -0.3 is 10.1 Å². The van der Waals surface area contributed by atoms with Crippen molar-refractivity contribution >= 4 is 27.3 Å². The fourth-order valence-electron chi connectivity index (χ4n) is 2.90. The van der Waals surface area contributed by atoms with Gasteiger partial charge in [0.25, 0.3) is 10.0 Å². The lowest BCUT2D eigenvalue weighted by atomic mass is 9.98. The molecule has 10 heteroatoms. The van der Waals surface area contributed by atoms with Crippen LogP contribution in [0.5, 0.6) is 5.75 Å². The summed E-state index contributed by atoms with van der Waals surface area (Å²) >= 11 is 1.07. The molecule has 0 fully saturated rings. The molecule has 0 saturated heterocycles. The van der Waals surface area contributed by atoms with Gasteiger partial charge in [0.05, 0.1) is 12.6 Å². The number of rotatable bonds is 9. The average Bonchev–Trinajstić information content (AvgIpc) is 3.29. The molecule has 1 amide bonds. The molecule has 1 atom stereocenters. The maximum atomic E-state index is 12.7. The van der Waals surface area contributed by atoms with Crippen LogP contribution in [0.2, 0.25) is 0 Å². The second-order valence-corrected chi connectivity index (χ2v) is 9.77. The first-order valence-corrected chi connectivity index (χ1v) is 11.5. The molecule has 0 spiro atoms. The Morgan fingerprint density at radius 3 is 2.26 bits per heavy atom. The number of carbonyl (C=O) groups excluding carboxylic acids is 1. The van der Waals surface area contributed by atoms with E-state index in [1.165, 1.54) is 25.2 Å². The minimum Gasteiger partial charge on any atom is -0.435 e. The minimum atomic E-state index is -3.77. The van der Waals surface area contributed by atoms with Gasteiger partial charge in [-0.1, -0.05) is 48.5 Å². The normalized spacial score (nSPS) is 12.7. The molecule has 0 saturated carbocycles. The maximum Gasteiger partial charge on any atom is 0.387 e. The van der Waals surface area contributed by atoms with Gasteiger partial charge in [-0.2, -0.15) is 13.1 Å². The largest absolute Gasteiger partial charge is 0.435 e. The van der Waals surface area contributed by atoms with Crippen molar-refractivity contribution < 1.29 is 26.7 Å². The second kappa shape index (κ2) is 9.99. The summed E-state index contributed by atoms with van der Waals surface area (Å²) in [6.07, 6.45) is 0. The number of carbonyl (C=O) groups is 1. The Kier molecular flexibility index (Phi) is 7.37. The molecule has 0 aliphatic rings. The Morgan fingerprint density at radius 1 is 1.03 bits per heavy atom. The van der Waals surface area contributed by atoms with Crippen LogP contribution in [0, 0.1) is 0 Å². The zero-order valence-corrected chi connectivity index (χ0v) is 18.1. The predicted molar refractivity (Wildman–Crippen MR) is 114 cm³/mol. The third kappa shape index (κ3) is 5.87. The summed E-state index contributed by atoms with van der Waals surface area (Å²) in [6, 6.07) is 17.4. The number of likely N-dealkylation sites (N-methyl/N-ethyl adjacent to an activating group) is 1. The third-order valence-corrected chi connectivity index (χ3v) is 7.58. The van der Waals surface area contributed by atoms with Crippen LogP contribution in [-0.2, 0) is 14.8 Å². The molecule has 0 aliphatic heterocycles. The van der Waals surface area contributed by atoms with Gasteiger partial charge in [0, 0.05) is 7.05 Å². The lowest BCUT2D eigenvalue weighted by Crippen LogP contribution is -2.39. The summed E-state index contributed by atoms with van der Waals surface area (Å²) < 4.78 is 55.4. The zero-order valence-electron chi connectivity index (χ0n) is 16.4. The lowest BCUT2D eigenvalue weighted by molar-refractivity contribution is -0.121. The van der Waals surface area contributed by atoms with E-state index < -0.39 is 28.6 Å². The molecule has 2 aromatic carbocycles. The summed E-state index contributed by atoms with van der Waals surface area (Å²) in [4.78, 5) is 12.7. The first-order valence-electron chi connectivity index (χ1n) is 9.16. The molecule has 1 unspecified atom stereocenters. The Labute approximate surface area is 183 Å². The first-order chi connectivity index (χ1) is 14.8. The number of thiophene rings is 1. The standard InChI is InChI=1S/C21H20F2N2O4S2/c1-25(31(27,28)19-8-5-13-30-19)14-18(26)24-20(15-6-3-2-4-7-15)16-9-11-17(12-10-16)29-21(22)23/h2-13,20-21H,14H2,1H3,(H,24,26). The number of nitrogens with zero attached hydrogens (tertiary/aromatic N) is 1. The first kappa shape index (κ1) is 22.9.